The number of rotatable bonds is 8. The molecule has 3 N–H and O–H groups in total. The van der Waals surface area contributed by atoms with E-state index in [0.29, 0.717) is 6.42 Å². The molecule has 2 atom stereocenters. The molecule has 0 heterocycles. The molecule has 1 rings (SSSR count). The minimum absolute atomic E-state index is 0.0789. The fourth-order valence-corrected chi connectivity index (χ4v) is 1.54. The first-order valence-electron chi connectivity index (χ1n) is 6.47. The lowest BCUT2D eigenvalue weighted by molar-refractivity contribution is -0.137. The van der Waals surface area contributed by atoms with Gasteiger partial charge in [-0.15, -0.1) is 0 Å². The molecule has 0 bridgehead atoms. The fourth-order valence-electron chi connectivity index (χ4n) is 1.54. The molecule has 0 fully saturated rings. The van der Waals surface area contributed by atoms with Gasteiger partial charge in [-0.05, 0) is 12.0 Å². The van der Waals surface area contributed by atoms with E-state index in [1.165, 1.54) is 12.2 Å². The third-order valence-corrected chi connectivity index (χ3v) is 2.74. The maximum absolute atomic E-state index is 11.4. The lowest BCUT2D eigenvalue weighted by Gasteiger charge is -2.12. The molecule has 0 saturated heterocycles. The molecule has 0 saturated carbocycles. The maximum atomic E-state index is 11.4. The van der Waals surface area contributed by atoms with Crippen LogP contribution in [0.2, 0.25) is 0 Å². The van der Waals surface area contributed by atoms with E-state index in [1.807, 2.05) is 30.3 Å². The van der Waals surface area contributed by atoms with Crippen LogP contribution < -0.4 is 0 Å². The summed E-state index contributed by atoms with van der Waals surface area (Å²) >= 11 is 0. The third kappa shape index (κ3) is 6.47. The van der Waals surface area contributed by atoms with Gasteiger partial charge in [0.05, 0.1) is 19.3 Å². The van der Waals surface area contributed by atoms with Crippen LogP contribution in [-0.2, 0) is 16.0 Å². The van der Waals surface area contributed by atoms with Gasteiger partial charge in [0.25, 0.3) is 0 Å². The second-order valence-electron chi connectivity index (χ2n) is 4.36. The molecule has 20 heavy (non-hydrogen) atoms. The normalized spacial score (nSPS) is 14.2. The summed E-state index contributed by atoms with van der Waals surface area (Å²) < 4.78 is 5.00. The van der Waals surface area contributed by atoms with Gasteiger partial charge in [0.1, 0.15) is 6.10 Å². The van der Waals surface area contributed by atoms with Crippen molar-refractivity contribution in [1.82, 2.24) is 0 Å². The standard InChI is InChI=1S/C15H20O5/c16-11-14(18)13(17)7-4-8-15(19)20-10-9-12-5-2-1-3-6-12/h1-6,8,13-14,16-18H,7,9-11H2/b8-4+/t13-,14+/m1/s1. The Morgan fingerprint density at radius 3 is 2.55 bits per heavy atom. The predicted molar refractivity (Wildman–Crippen MR) is 74.0 cm³/mol. The molecule has 0 unspecified atom stereocenters. The highest BCUT2D eigenvalue weighted by Gasteiger charge is 2.12. The van der Waals surface area contributed by atoms with E-state index in [0.717, 1.165) is 5.56 Å². The average molecular weight is 280 g/mol. The van der Waals surface area contributed by atoms with Crippen molar-refractivity contribution in [2.75, 3.05) is 13.2 Å². The van der Waals surface area contributed by atoms with Gasteiger partial charge in [0.2, 0.25) is 0 Å². The Balaban J connectivity index is 2.20. The molecule has 0 aromatic heterocycles. The van der Waals surface area contributed by atoms with Crippen LogP contribution in [0.1, 0.15) is 12.0 Å². The van der Waals surface area contributed by atoms with Crippen LogP contribution in [0.4, 0.5) is 0 Å². The summed E-state index contributed by atoms with van der Waals surface area (Å²) in [6.07, 6.45) is 1.05. The van der Waals surface area contributed by atoms with Crippen LogP contribution in [0.15, 0.2) is 42.5 Å². The average Bonchev–Trinajstić information content (AvgIpc) is 2.47. The summed E-state index contributed by atoms with van der Waals surface area (Å²) in [5, 5.41) is 27.1. The van der Waals surface area contributed by atoms with Crippen molar-refractivity contribution in [3.63, 3.8) is 0 Å². The second kappa shape index (κ2) is 9.25. The summed E-state index contributed by atoms with van der Waals surface area (Å²) in [5.41, 5.74) is 1.09. The number of esters is 1. The quantitative estimate of drug-likeness (QED) is 0.475. The topological polar surface area (TPSA) is 87.0 Å². The van der Waals surface area contributed by atoms with Crippen LogP contribution in [0.3, 0.4) is 0 Å². The highest BCUT2D eigenvalue weighted by Crippen LogP contribution is 2.01. The molecule has 5 heteroatoms. The maximum Gasteiger partial charge on any atom is 0.330 e. The minimum Gasteiger partial charge on any atom is -0.462 e. The van der Waals surface area contributed by atoms with E-state index in [2.05, 4.69) is 0 Å². The molecular formula is C15H20O5. The highest BCUT2D eigenvalue weighted by molar-refractivity contribution is 5.81. The first-order valence-corrected chi connectivity index (χ1v) is 6.47. The molecule has 5 nitrogen and oxygen atoms in total. The molecule has 0 radical (unpaired) electrons. The van der Waals surface area contributed by atoms with Crippen LogP contribution in [0, 0.1) is 0 Å². The number of hydrogen-bond acceptors (Lipinski definition) is 5. The zero-order chi connectivity index (χ0) is 14.8. The number of ether oxygens (including phenoxy) is 1. The van der Waals surface area contributed by atoms with Gasteiger partial charge >= 0.3 is 5.97 Å². The number of aliphatic hydroxyl groups is 3. The summed E-state index contributed by atoms with van der Waals surface area (Å²) in [5.74, 6) is -0.494. The monoisotopic (exact) mass is 280 g/mol. The van der Waals surface area contributed by atoms with Crippen molar-refractivity contribution in [3.8, 4) is 0 Å². The molecule has 0 amide bonds. The Morgan fingerprint density at radius 1 is 1.20 bits per heavy atom. The van der Waals surface area contributed by atoms with Crippen molar-refractivity contribution in [1.29, 1.82) is 0 Å². The van der Waals surface area contributed by atoms with Gasteiger partial charge in [0, 0.05) is 12.5 Å². The molecule has 110 valence electrons. The number of hydrogen-bond donors (Lipinski definition) is 3. The number of carbonyl (C=O) groups excluding carboxylic acids is 1. The lowest BCUT2D eigenvalue weighted by Crippen LogP contribution is -2.28. The van der Waals surface area contributed by atoms with Crippen LogP contribution in [0.25, 0.3) is 0 Å². The SMILES string of the molecule is O=C(/C=C/C[C@@H](O)[C@@H](O)CO)OCCc1ccccc1. The van der Waals surface area contributed by atoms with Crippen molar-refractivity contribution in [2.24, 2.45) is 0 Å². The van der Waals surface area contributed by atoms with Gasteiger partial charge in [-0.25, -0.2) is 4.79 Å². The summed E-state index contributed by atoms with van der Waals surface area (Å²) in [6.45, 7) is -0.231. The van der Waals surface area contributed by atoms with Crippen LogP contribution >= 0.6 is 0 Å². The second-order valence-corrected chi connectivity index (χ2v) is 4.36. The van der Waals surface area contributed by atoms with Crippen LogP contribution in [-0.4, -0.2) is 46.7 Å². The first kappa shape index (κ1) is 16.4. The van der Waals surface area contributed by atoms with Crippen LogP contribution in [0.5, 0.6) is 0 Å². The molecule has 0 aliphatic heterocycles. The Morgan fingerprint density at radius 2 is 1.90 bits per heavy atom. The first-order chi connectivity index (χ1) is 9.63. The Kier molecular flexibility index (Phi) is 7.57. The van der Waals surface area contributed by atoms with Gasteiger partial charge < -0.3 is 20.1 Å². The van der Waals surface area contributed by atoms with Crippen molar-refractivity contribution < 1.29 is 24.9 Å². The lowest BCUT2D eigenvalue weighted by atomic mass is 10.1. The number of aliphatic hydroxyl groups excluding tert-OH is 3. The summed E-state index contributed by atoms with van der Waals surface area (Å²) in [7, 11) is 0. The zero-order valence-electron chi connectivity index (χ0n) is 11.2. The van der Waals surface area contributed by atoms with E-state index < -0.39 is 24.8 Å². The molecule has 0 spiro atoms. The zero-order valence-corrected chi connectivity index (χ0v) is 11.2. The summed E-state index contributed by atoms with van der Waals surface area (Å²) in [6, 6.07) is 9.67. The van der Waals surface area contributed by atoms with Gasteiger partial charge in [-0.1, -0.05) is 36.4 Å². The molecule has 1 aromatic rings. The van der Waals surface area contributed by atoms with Gasteiger partial charge in [0.15, 0.2) is 0 Å². The highest BCUT2D eigenvalue weighted by atomic mass is 16.5. The van der Waals surface area contributed by atoms with E-state index in [-0.39, 0.29) is 13.0 Å². The predicted octanol–water partition coefficient (Wildman–Crippen LogP) is 0.433. The Hall–Kier alpha value is -1.69. The largest absolute Gasteiger partial charge is 0.462 e. The van der Waals surface area contributed by atoms with Gasteiger partial charge in [-0.2, -0.15) is 0 Å². The number of benzene rings is 1. The van der Waals surface area contributed by atoms with E-state index in [9.17, 15) is 9.90 Å². The van der Waals surface area contributed by atoms with E-state index >= 15 is 0 Å². The smallest absolute Gasteiger partial charge is 0.330 e. The van der Waals surface area contributed by atoms with Gasteiger partial charge in [-0.3, -0.25) is 0 Å². The Bertz CT molecular complexity index is 416. The van der Waals surface area contributed by atoms with Crippen molar-refractivity contribution in [2.45, 2.75) is 25.0 Å². The number of carbonyl (C=O) groups is 1. The molecule has 0 aliphatic rings. The van der Waals surface area contributed by atoms with E-state index in [4.69, 9.17) is 14.9 Å². The van der Waals surface area contributed by atoms with E-state index in [1.54, 1.807) is 0 Å². The molecular weight excluding hydrogens is 260 g/mol. The summed E-state index contributed by atoms with van der Waals surface area (Å²) in [4.78, 5) is 11.4. The third-order valence-electron chi connectivity index (χ3n) is 2.74. The van der Waals surface area contributed by atoms with Crippen molar-refractivity contribution in [3.05, 3.63) is 48.0 Å². The minimum atomic E-state index is -1.20. The Labute approximate surface area is 118 Å². The fraction of sp³-hybridized carbons (Fsp3) is 0.400. The molecule has 0 aliphatic carbocycles. The molecule has 1 aromatic carbocycles. The van der Waals surface area contributed by atoms with Crippen molar-refractivity contribution >= 4 is 5.97 Å².